The van der Waals surface area contributed by atoms with Crippen LogP contribution < -0.4 is 11.1 Å². The van der Waals surface area contributed by atoms with E-state index in [1.165, 1.54) is 10.9 Å². The second kappa shape index (κ2) is 4.79. The molecular formula is C9H16N4O2. The number of carbonyl (C=O) groups is 1. The highest BCUT2D eigenvalue weighted by atomic mass is 16.3. The van der Waals surface area contributed by atoms with Crippen molar-refractivity contribution in [2.75, 3.05) is 12.3 Å². The summed E-state index contributed by atoms with van der Waals surface area (Å²) in [5.74, 6) is -0.312. The zero-order valence-corrected chi connectivity index (χ0v) is 8.90. The second-order valence-corrected chi connectivity index (χ2v) is 3.32. The van der Waals surface area contributed by atoms with E-state index in [1.54, 1.807) is 6.92 Å². The Hall–Kier alpha value is -1.56. The second-order valence-electron chi connectivity index (χ2n) is 3.32. The molecule has 84 valence electrons. The third kappa shape index (κ3) is 2.69. The molecule has 0 bridgehead atoms. The maximum atomic E-state index is 11.6. The Labute approximate surface area is 88.1 Å². The third-order valence-electron chi connectivity index (χ3n) is 1.94. The molecule has 0 unspecified atom stereocenters. The van der Waals surface area contributed by atoms with Crippen molar-refractivity contribution < 1.29 is 9.90 Å². The molecule has 15 heavy (non-hydrogen) atoms. The Morgan fingerprint density at radius 1 is 1.80 bits per heavy atom. The van der Waals surface area contributed by atoms with E-state index >= 15 is 0 Å². The molecule has 0 spiro atoms. The van der Waals surface area contributed by atoms with E-state index < -0.39 is 6.10 Å². The van der Waals surface area contributed by atoms with Gasteiger partial charge in [0.1, 0.15) is 5.69 Å². The van der Waals surface area contributed by atoms with Gasteiger partial charge in [0.2, 0.25) is 0 Å². The van der Waals surface area contributed by atoms with Gasteiger partial charge in [0.15, 0.2) is 0 Å². The summed E-state index contributed by atoms with van der Waals surface area (Å²) in [6.07, 6.45) is 0.869. The number of aromatic nitrogens is 2. The molecule has 0 aliphatic heterocycles. The molecule has 0 fully saturated rings. The molecule has 0 aromatic carbocycles. The Bertz CT molecular complexity index is 346. The average Bonchev–Trinajstić information content (AvgIpc) is 2.56. The molecule has 0 radical (unpaired) electrons. The van der Waals surface area contributed by atoms with Gasteiger partial charge in [-0.15, -0.1) is 0 Å². The normalized spacial score (nSPS) is 12.5. The van der Waals surface area contributed by atoms with Crippen molar-refractivity contribution in [1.82, 2.24) is 15.1 Å². The highest BCUT2D eigenvalue weighted by molar-refractivity contribution is 5.97. The molecular weight excluding hydrogens is 196 g/mol. The van der Waals surface area contributed by atoms with E-state index in [0.29, 0.717) is 17.9 Å². The van der Waals surface area contributed by atoms with Crippen LogP contribution in [0, 0.1) is 0 Å². The first kappa shape index (κ1) is 11.5. The number of amides is 1. The standard InChI is InChI=1S/C9H16N4O2/c1-3-13-8(7(10)5-12-13)9(15)11-4-6(2)14/h5-6,14H,3-4,10H2,1-2H3,(H,11,15)/t6-/m0/s1. The van der Waals surface area contributed by atoms with Crippen molar-refractivity contribution in [3.05, 3.63) is 11.9 Å². The van der Waals surface area contributed by atoms with Gasteiger partial charge in [-0.3, -0.25) is 9.48 Å². The molecule has 1 heterocycles. The molecule has 1 rings (SSSR count). The van der Waals surface area contributed by atoms with E-state index in [9.17, 15) is 4.79 Å². The third-order valence-corrected chi connectivity index (χ3v) is 1.94. The maximum Gasteiger partial charge on any atom is 0.271 e. The molecule has 1 amide bonds. The number of aliphatic hydroxyl groups is 1. The SMILES string of the molecule is CCn1ncc(N)c1C(=O)NC[C@H](C)O. The Morgan fingerprint density at radius 3 is 3.00 bits per heavy atom. The topological polar surface area (TPSA) is 93.2 Å². The van der Waals surface area contributed by atoms with Gasteiger partial charge < -0.3 is 16.2 Å². The molecule has 6 nitrogen and oxygen atoms in total. The monoisotopic (exact) mass is 212 g/mol. The number of nitrogens with one attached hydrogen (secondary N) is 1. The van der Waals surface area contributed by atoms with Crippen molar-refractivity contribution in [3.8, 4) is 0 Å². The smallest absolute Gasteiger partial charge is 0.271 e. The van der Waals surface area contributed by atoms with Crippen molar-refractivity contribution >= 4 is 11.6 Å². The highest BCUT2D eigenvalue weighted by Gasteiger charge is 2.15. The van der Waals surface area contributed by atoms with Crippen LogP contribution in [0.3, 0.4) is 0 Å². The maximum absolute atomic E-state index is 11.6. The van der Waals surface area contributed by atoms with Gasteiger partial charge >= 0.3 is 0 Å². The summed E-state index contributed by atoms with van der Waals surface area (Å²) in [4.78, 5) is 11.6. The molecule has 0 aliphatic carbocycles. The van der Waals surface area contributed by atoms with Crippen LogP contribution >= 0.6 is 0 Å². The fraction of sp³-hybridized carbons (Fsp3) is 0.556. The number of nitrogen functional groups attached to an aromatic ring is 1. The fourth-order valence-electron chi connectivity index (χ4n) is 1.21. The van der Waals surface area contributed by atoms with Crippen molar-refractivity contribution in [3.63, 3.8) is 0 Å². The molecule has 0 saturated carbocycles. The zero-order valence-electron chi connectivity index (χ0n) is 8.90. The van der Waals surface area contributed by atoms with Crippen molar-refractivity contribution in [2.24, 2.45) is 0 Å². The molecule has 0 aliphatic rings. The summed E-state index contributed by atoms with van der Waals surface area (Å²) in [5.41, 5.74) is 6.31. The van der Waals surface area contributed by atoms with E-state index in [0.717, 1.165) is 0 Å². The van der Waals surface area contributed by atoms with E-state index in [4.69, 9.17) is 10.8 Å². The zero-order chi connectivity index (χ0) is 11.4. The lowest BCUT2D eigenvalue weighted by atomic mass is 10.3. The number of aliphatic hydroxyl groups excluding tert-OH is 1. The van der Waals surface area contributed by atoms with Crippen LogP contribution in [-0.2, 0) is 6.54 Å². The van der Waals surface area contributed by atoms with Crippen LogP contribution in [-0.4, -0.2) is 33.4 Å². The van der Waals surface area contributed by atoms with Crippen LogP contribution in [0.15, 0.2) is 6.20 Å². The van der Waals surface area contributed by atoms with Gasteiger partial charge in [-0.05, 0) is 13.8 Å². The van der Waals surface area contributed by atoms with Crippen LogP contribution in [0.5, 0.6) is 0 Å². The summed E-state index contributed by atoms with van der Waals surface area (Å²) in [6, 6.07) is 0. The number of nitrogens with zero attached hydrogens (tertiary/aromatic N) is 2. The predicted molar refractivity (Wildman–Crippen MR) is 56.3 cm³/mol. The number of nitrogens with two attached hydrogens (primary N) is 1. The molecule has 4 N–H and O–H groups in total. The van der Waals surface area contributed by atoms with Gasteiger partial charge in [0.25, 0.3) is 5.91 Å². The molecule has 6 heteroatoms. The molecule has 1 aromatic rings. The minimum Gasteiger partial charge on any atom is -0.396 e. The highest BCUT2D eigenvalue weighted by Crippen LogP contribution is 2.10. The van der Waals surface area contributed by atoms with Crippen LogP contribution in [0.4, 0.5) is 5.69 Å². The quantitative estimate of drug-likeness (QED) is 0.633. The predicted octanol–water partition coefficient (Wildman–Crippen LogP) is -0.404. The van der Waals surface area contributed by atoms with Crippen molar-refractivity contribution in [1.29, 1.82) is 0 Å². The molecule has 0 saturated heterocycles. The summed E-state index contributed by atoms with van der Waals surface area (Å²) in [7, 11) is 0. The molecule has 1 atom stereocenters. The summed E-state index contributed by atoms with van der Waals surface area (Å²) in [5, 5.41) is 15.5. The van der Waals surface area contributed by atoms with E-state index in [1.807, 2.05) is 6.92 Å². The van der Waals surface area contributed by atoms with Gasteiger partial charge in [-0.25, -0.2) is 0 Å². The lowest BCUT2D eigenvalue weighted by Crippen LogP contribution is -2.32. The minimum absolute atomic E-state index is 0.202. The number of anilines is 1. The first-order chi connectivity index (χ1) is 7.06. The van der Waals surface area contributed by atoms with Gasteiger partial charge in [0, 0.05) is 13.1 Å². The average molecular weight is 212 g/mol. The van der Waals surface area contributed by atoms with Crippen LogP contribution in [0.25, 0.3) is 0 Å². The lowest BCUT2D eigenvalue weighted by Gasteiger charge is -2.08. The first-order valence-corrected chi connectivity index (χ1v) is 4.83. The van der Waals surface area contributed by atoms with Crippen LogP contribution in [0.1, 0.15) is 24.3 Å². The van der Waals surface area contributed by atoms with Crippen molar-refractivity contribution in [2.45, 2.75) is 26.5 Å². The Morgan fingerprint density at radius 2 is 2.47 bits per heavy atom. The number of rotatable bonds is 4. The minimum atomic E-state index is -0.576. The molecule has 1 aromatic heterocycles. The van der Waals surface area contributed by atoms with Crippen LogP contribution in [0.2, 0.25) is 0 Å². The lowest BCUT2D eigenvalue weighted by molar-refractivity contribution is 0.0914. The van der Waals surface area contributed by atoms with E-state index in [-0.39, 0.29) is 12.5 Å². The van der Waals surface area contributed by atoms with Gasteiger partial charge in [-0.1, -0.05) is 0 Å². The van der Waals surface area contributed by atoms with Gasteiger partial charge in [-0.2, -0.15) is 5.10 Å². The number of hydrogen-bond donors (Lipinski definition) is 3. The summed E-state index contributed by atoms with van der Waals surface area (Å²) >= 11 is 0. The first-order valence-electron chi connectivity index (χ1n) is 4.83. The Kier molecular flexibility index (Phi) is 3.68. The number of carbonyl (C=O) groups excluding carboxylic acids is 1. The largest absolute Gasteiger partial charge is 0.396 e. The number of aryl methyl sites for hydroxylation is 1. The van der Waals surface area contributed by atoms with E-state index in [2.05, 4.69) is 10.4 Å². The fourth-order valence-corrected chi connectivity index (χ4v) is 1.21. The van der Waals surface area contributed by atoms with Gasteiger partial charge in [0.05, 0.1) is 18.0 Å². The number of hydrogen-bond acceptors (Lipinski definition) is 4. The summed E-state index contributed by atoms with van der Waals surface area (Å²) in [6.45, 7) is 4.25. The summed E-state index contributed by atoms with van der Waals surface area (Å²) < 4.78 is 1.52. The Balaban J connectivity index is 2.76.